The molecule has 1 fully saturated rings. The van der Waals surface area contributed by atoms with Gasteiger partial charge >= 0.3 is 0 Å². The lowest BCUT2D eigenvalue weighted by molar-refractivity contribution is -0.113. The average Bonchev–Trinajstić information content (AvgIpc) is 2.83. The Morgan fingerprint density at radius 2 is 2.06 bits per heavy atom. The SMILES string of the molecule is O=C(CS(=O)(=O)C1CCNC1)Nc1ccccc1. The topological polar surface area (TPSA) is 75.3 Å². The highest BCUT2D eigenvalue weighted by atomic mass is 32.2. The number of para-hydroxylation sites is 1. The summed E-state index contributed by atoms with van der Waals surface area (Å²) >= 11 is 0. The van der Waals surface area contributed by atoms with Gasteiger partial charge in [0.05, 0.1) is 5.25 Å². The normalized spacial score (nSPS) is 19.7. The first-order valence-corrected chi connectivity index (χ1v) is 7.57. The highest BCUT2D eigenvalue weighted by Crippen LogP contribution is 2.12. The van der Waals surface area contributed by atoms with E-state index in [1.54, 1.807) is 24.3 Å². The fourth-order valence-corrected chi connectivity index (χ4v) is 3.48. The molecule has 98 valence electrons. The second-order valence-corrected chi connectivity index (χ2v) is 6.62. The van der Waals surface area contributed by atoms with Crippen LogP contribution in [0.25, 0.3) is 0 Å². The van der Waals surface area contributed by atoms with E-state index < -0.39 is 26.7 Å². The summed E-state index contributed by atoms with van der Waals surface area (Å²) in [5.41, 5.74) is 0.613. The van der Waals surface area contributed by atoms with Crippen LogP contribution < -0.4 is 10.6 Å². The van der Waals surface area contributed by atoms with Gasteiger partial charge in [0.15, 0.2) is 9.84 Å². The third kappa shape index (κ3) is 3.30. The second kappa shape index (κ2) is 5.49. The van der Waals surface area contributed by atoms with Gasteiger partial charge in [-0.05, 0) is 25.1 Å². The maximum atomic E-state index is 11.9. The number of nitrogens with one attached hydrogen (secondary N) is 2. The summed E-state index contributed by atoms with van der Waals surface area (Å²) in [5, 5.41) is 5.14. The van der Waals surface area contributed by atoms with Crippen LogP contribution in [-0.4, -0.2) is 38.4 Å². The average molecular weight is 268 g/mol. The maximum Gasteiger partial charge on any atom is 0.239 e. The lowest BCUT2D eigenvalue weighted by atomic mass is 10.3. The zero-order valence-corrected chi connectivity index (χ0v) is 10.7. The van der Waals surface area contributed by atoms with Crippen LogP contribution >= 0.6 is 0 Å². The first-order chi connectivity index (χ1) is 8.58. The second-order valence-electron chi connectivity index (χ2n) is 4.34. The molecule has 0 bridgehead atoms. The van der Waals surface area contributed by atoms with E-state index in [2.05, 4.69) is 10.6 Å². The molecule has 1 atom stereocenters. The number of sulfone groups is 1. The summed E-state index contributed by atoms with van der Waals surface area (Å²) < 4.78 is 23.9. The Kier molecular flexibility index (Phi) is 3.98. The molecule has 1 saturated heterocycles. The number of hydrogen-bond acceptors (Lipinski definition) is 4. The van der Waals surface area contributed by atoms with Crippen molar-refractivity contribution in [1.29, 1.82) is 0 Å². The fourth-order valence-electron chi connectivity index (χ4n) is 1.95. The van der Waals surface area contributed by atoms with Crippen LogP contribution in [0.3, 0.4) is 0 Å². The van der Waals surface area contributed by atoms with Gasteiger partial charge in [0.1, 0.15) is 5.75 Å². The molecule has 5 nitrogen and oxygen atoms in total. The smallest absolute Gasteiger partial charge is 0.239 e. The van der Waals surface area contributed by atoms with Crippen LogP contribution in [0.5, 0.6) is 0 Å². The maximum absolute atomic E-state index is 11.9. The van der Waals surface area contributed by atoms with E-state index in [1.165, 1.54) is 0 Å². The largest absolute Gasteiger partial charge is 0.325 e. The molecular weight excluding hydrogens is 252 g/mol. The Bertz CT molecular complexity index is 507. The Morgan fingerprint density at radius 1 is 1.33 bits per heavy atom. The fraction of sp³-hybridized carbons (Fsp3) is 0.417. The van der Waals surface area contributed by atoms with E-state index in [4.69, 9.17) is 0 Å². The minimum Gasteiger partial charge on any atom is -0.325 e. The predicted molar refractivity (Wildman–Crippen MR) is 70.1 cm³/mol. The molecule has 0 aliphatic carbocycles. The van der Waals surface area contributed by atoms with E-state index in [0.29, 0.717) is 25.2 Å². The summed E-state index contributed by atoms with van der Waals surface area (Å²) in [4.78, 5) is 11.7. The van der Waals surface area contributed by atoms with Gasteiger partial charge in [-0.1, -0.05) is 18.2 Å². The Labute approximate surface area is 107 Å². The third-order valence-corrected chi connectivity index (χ3v) is 5.00. The predicted octanol–water partition coefficient (Wildman–Crippen LogP) is 0.402. The van der Waals surface area contributed by atoms with Crippen molar-refractivity contribution in [2.45, 2.75) is 11.7 Å². The molecule has 1 aliphatic heterocycles. The standard InChI is InChI=1S/C12H16N2O3S/c15-12(14-10-4-2-1-3-5-10)9-18(16,17)11-6-7-13-8-11/h1-5,11,13H,6-9H2,(H,14,15). The minimum absolute atomic E-state index is 0.431. The van der Waals surface area contributed by atoms with Crippen LogP contribution in [0.1, 0.15) is 6.42 Å². The number of amides is 1. The molecule has 1 aliphatic rings. The molecule has 1 amide bonds. The summed E-state index contributed by atoms with van der Waals surface area (Å²) in [6.45, 7) is 1.14. The van der Waals surface area contributed by atoms with Crippen molar-refractivity contribution in [2.24, 2.45) is 0 Å². The van der Waals surface area contributed by atoms with Crippen molar-refractivity contribution >= 4 is 21.4 Å². The van der Waals surface area contributed by atoms with Crippen LogP contribution in [0.15, 0.2) is 30.3 Å². The van der Waals surface area contributed by atoms with Crippen LogP contribution in [0.4, 0.5) is 5.69 Å². The minimum atomic E-state index is -3.35. The third-order valence-electron chi connectivity index (χ3n) is 2.91. The number of carbonyl (C=O) groups is 1. The number of benzene rings is 1. The summed E-state index contributed by atoms with van der Waals surface area (Å²) in [5.74, 6) is -0.929. The van der Waals surface area contributed by atoms with Crippen molar-refractivity contribution < 1.29 is 13.2 Å². The van der Waals surface area contributed by atoms with Crippen molar-refractivity contribution in [3.63, 3.8) is 0 Å². The monoisotopic (exact) mass is 268 g/mol. The van der Waals surface area contributed by atoms with Crippen molar-refractivity contribution in [3.05, 3.63) is 30.3 Å². The van der Waals surface area contributed by atoms with Crippen LogP contribution in [-0.2, 0) is 14.6 Å². The highest BCUT2D eigenvalue weighted by molar-refractivity contribution is 7.92. The summed E-state index contributed by atoms with van der Waals surface area (Å²) in [7, 11) is -3.35. The van der Waals surface area contributed by atoms with Gasteiger partial charge in [0, 0.05) is 12.2 Å². The number of carbonyl (C=O) groups excluding carboxylic acids is 1. The molecule has 0 saturated carbocycles. The zero-order chi connectivity index (χ0) is 13.0. The number of anilines is 1. The first kappa shape index (κ1) is 13.0. The summed E-state index contributed by atoms with van der Waals surface area (Å²) in [6, 6.07) is 8.84. The van der Waals surface area contributed by atoms with Crippen molar-refractivity contribution in [1.82, 2.24) is 5.32 Å². The van der Waals surface area contributed by atoms with Gasteiger partial charge in [-0.15, -0.1) is 0 Å². The van der Waals surface area contributed by atoms with Gasteiger partial charge in [-0.25, -0.2) is 8.42 Å². The molecular formula is C12H16N2O3S. The summed E-state index contributed by atoms with van der Waals surface area (Å²) in [6.07, 6.45) is 0.584. The Morgan fingerprint density at radius 3 is 2.67 bits per heavy atom. The molecule has 2 rings (SSSR count). The van der Waals surface area contributed by atoms with E-state index in [-0.39, 0.29) is 0 Å². The highest BCUT2D eigenvalue weighted by Gasteiger charge is 2.30. The lowest BCUT2D eigenvalue weighted by Crippen LogP contribution is -2.32. The molecule has 18 heavy (non-hydrogen) atoms. The van der Waals surface area contributed by atoms with Crippen molar-refractivity contribution in [3.8, 4) is 0 Å². The van der Waals surface area contributed by atoms with Gasteiger partial charge < -0.3 is 10.6 Å². The van der Waals surface area contributed by atoms with E-state index >= 15 is 0 Å². The van der Waals surface area contributed by atoms with Crippen LogP contribution in [0, 0.1) is 0 Å². The van der Waals surface area contributed by atoms with E-state index in [0.717, 1.165) is 0 Å². The van der Waals surface area contributed by atoms with Gasteiger partial charge in [0.25, 0.3) is 0 Å². The molecule has 1 aromatic carbocycles. The molecule has 6 heteroatoms. The zero-order valence-electron chi connectivity index (χ0n) is 9.93. The quantitative estimate of drug-likeness (QED) is 0.829. The van der Waals surface area contributed by atoms with E-state index in [1.807, 2.05) is 6.07 Å². The molecule has 0 spiro atoms. The number of hydrogen-bond donors (Lipinski definition) is 2. The van der Waals surface area contributed by atoms with Crippen molar-refractivity contribution in [2.75, 3.05) is 24.2 Å². The number of rotatable bonds is 4. The van der Waals surface area contributed by atoms with Gasteiger partial charge in [-0.2, -0.15) is 0 Å². The Balaban J connectivity index is 1.95. The molecule has 2 N–H and O–H groups in total. The lowest BCUT2D eigenvalue weighted by Gasteiger charge is -2.10. The molecule has 1 unspecified atom stereocenters. The van der Waals surface area contributed by atoms with Gasteiger partial charge in [0.2, 0.25) is 5.91 Å². The van der Waals surface area contributed by atoms with Gasteiger partial charge in [-0.3, -0.25) is 4.79 Å². The molecule has 0 aromatic heterocycles. The first-order valence-electron chi connectivity index (χ1n) is 5.85. The van der Waals surface area contributed by atoms with E-state index in [9.17, 15) is 13.2 Å². The Hall–Kier alpha value is -1.40. The molecule has 0 radical (unpaired) electrons. The molecule has 1 aromatic rings. The molecule has 1 heterocycles. The van der Waals surface area contributed by atoms with Crippen LogP contribution in [0.2, 0.25) is 0 Å².